The molecule has 1 N–H and O–H groups in total. The van der Waals surface area contributed by atoms with Crippen LogP contribution in [0.5, 0.6) is 5.75 Å². The summed E-state index contributed by atoms with van der Waals surface area (Å²) >= 11 is 0. The molecule has 1 atom stereocenters. The Hall–Kier alpha value is -4.74. The molecule has 2 aromatic carbocycles. The van der Waals surface area contributed by atoms with Crippen LogP contribution in [0.25, 0.3) is 0 Å². The van der Waals surface area contributed by atoms with Gasteiger partial charge in [-0.25, -0.2) is 23.9 Å². The fourth-order valence-corrected chi connectivity index (χ4v) is 3.49. The number of para-hydroxylation sites is 1. The van der Waals surface area contributed by atoms with Crippen LogP contribution in [0.2, 0.25) is 0 Å². The van der Waals surface area contributed by atoms with E-state index in [-0.39, 0.29) is 29.4 Å². The molecule has 3 rings (SSSR count). The van der Waals surface area contributed by atoms with Crippen LogP contribution in [-0.2, 0) is 4.74 Å². The molecule has 0 saturated carbocycles. The highest BCUT2D eigenvalue weighted by atomic mass is 16.6. The van der Waals surface area contributed by atoms with Gasteiger partial charge in [0.2, 0.25) is 0 Å². The van der Waals surface area contributed by atoms with E-state index in [0.29, 0.717) is 5.56 Å². The molecule has 0 fully saturated rings. The number of carbonyl (C=O) groups is 3. The number of hydrogen-bond donors (Lipinski definition) is 1. The molecule has 1 aromatic heterocycles. The lowest BCUT2D eigenvalue weighted by Crippen LogP contribution is -2.37. The van der Waals surface area contributed by atoms with E-state index in [1.54, 1.807) is 32.9 Å². The molecule has 0 radical (unpaired) electrons. The number of carbonyl (C=O) groups excluding carboxylic acids is 2. The second-order valence-electron chi connectivity index (χ2n) is 9.08. The van der Waals surface area contributed by atoms with Gasteiger partial charge in [0.05, 0.1) is 10.8 Å². The van der Waals surface area contributed by atoms with E-state index in [1.807, 2.05) is 0 Å². The lowest BCUT2D eigenvalue weighted by molar-refractivity contribution is -0.385. The largest absolute Gasteiger partial charge is 0.464 e. The molecular weight excluding hydrogens is 484 g/mol. The standard InChI is InChI=1S/C25H26N4O8/c1-25(2,3)37-24(33)27(4)15-19(21-26-13-14-28(21)23(31)32)16-9-11-17(12-10-16)36-22(30)18-7-5-6-8-20(18)29(34)35/h5-14,19H,15H2,1-4H3,(H,31,32). The molecule has 1 unspecified atom stereocenters. The molecule has 194 valence electrons. The summed E-state index contributed by atoms with van der Waals surface area (Å²) in [6.07, 6.45) is 0.793. The van der Waals surface area contributed by atoms with E-state index in [0.717, 1.165) is 4.57 Å². The second-order valence-corrected chi connectivity index (χ2v) is 9.08. The summed E-state index contributed by atoms with van der Waals surface area (Å²) in [5.41, 5.74) is -0.721. The first kappa shape index (κ1) is 26.9. The second kappa shape index (κ2) is 10.9. The zero-order valence-electron chi connectivity index (χ0n) is 20.7. The lowest BCUT2D eigenvalue weighted by atomic mass is 9.97. The van der Waals surface area contributed by atoms with Crippen LogP contribution in [0.15, 0.2) is 60.9 Å². The van der Waals surface area contributed by atoms with E-state index < -0.39 is 34.6 Å². The Morgan fingerprint density at radius 1 is 1.14 bits per heavy atom. The number of hydrogen-bond acceptors (Lipinski definition) is 8. The number of amides is 1. The summed E-state index contributed by atoms with van der Waals surface area (Å²) in [5.74, 6) is -1.29. The summed E-state index contributed by atoms with van der Waals surface area (Å²) in [6, 6.07) is 11.6. The van der Waals surface area contributed by atoms with E-state index >= 15 is 0 Å². The van der Waals surface area contributed by atoms with Gasteiger partial charge in [-0.05, 0) is 44.5 Å². The summed E-state index contributed by atoms with van der Waals surface area (Å²) in [7, 11) is 1.53. The van der Waals surface area contributed by atoms with Gasteiger partial charge in [-0.2, -0.15) is 0 Å². The molecule has 0 saturated heterocycles. The Labute approximate surface area is 212 Å². The first-order chi connectivity index (χ1) is 17.4. The Balaban J connectivity index is 1.88. The van der Waals surface area contributed by atoms with Crippen molar-refractivity contribution < 1.29 is 33.9 Å². The third-order valence-corrected chi connectivity index (χ3v) is 5.16. The van der Waals surface area contributed by atoms with Gasteiger partial charge in [0.15, 0.2) is 0 Å². The van der Waals surface area contributed by atoms with Gasteiger partial charge in [0, 0.05) is 32.1 Å². The highest BCUT2D eigenvalue weighted by Gasteiger charge is 2.28. The Morgan fingerprint density at radius 3 is 2.38 bits per heavy atom. The van der Waals surface area contributed by atoms with Crippen molar-refractivity contribution >= 4 is 23.8 Å². The third-order valence-electron chi connectivity index (χ3n) is 5.16. The summed E-state index contributed by atoms with van der Waals surface area (Å²) in [6.45, 7) is 5.24. The molecular formula is C25H26N4O8. The van der Waals surface area contributed by atoms with Crippen molar-refractivity contribution in [2.45, 2.75) is 32.3 Å². The van der Waals surface area contributed by atoms with Crippen molar-refractivity contribution in [3.63, 3.8) is 0 Å². The molecule has 37 heavy (non-hydrogen) atoms. The topological polar surface area (TPSA) is 154 Å². The van der Waals surface area contributed by atoms with Gasteiger partial charge in [-0.15, -0.1) is 0 Å². The number of benzene rings is 2. The predicted molar refractivity (Wildman–Crippen MR) is 131 cm³/mol. The molecule has 0 aliphatic rings. The first-order valence-electron chi connectivity index (χ1n) is 11.1. The van der Waals surface area contributed by atoms with E-state index in [2.05, 4.69) is 4.98 Å². The summed E-state index contributed by atoms with van der Waals surface area (Å²) < 4.78 is 11.7. The van der Waals surface area contributed by atoms with Gasteiger partial charge in [0.25, 0.3) is 5.69 Å². The number of esters is 1. The molecule has 1 amide bonds. The normalized spacial score (nSPS) is 11.9. The van der Waals surface area contributed by atoms with Crippen LogP contribution >= 0.6 is 0 Å². The van der Waals surface area contributed by atoms with Gasteiger partial charge < -0.3 is 19.5 Å². The summed E-state index contributed by atoms with van der Waals surface area (Å²) in [5, 5.41) is 20.8. The number of nitro groups is 1. The maximum Gasteiger partial charge on any atom is 0.417 e. The Bertz CT molecular complexity index is 1310. The minimum Gasteiger partial charge on any atom is -0.464 e. The van der Waals surface area contributed by atoms with Crippen molar-refractivity contribution in [1.29, 1.82) is 0 Å². The van der Waals surface area contributed by atoms with Crippen LogP contribution in [0.3, 0.4) is 0 Å². The van der Waals surface area contributed by atoms with Crippen LogP contribution in [0, 0.1) is 10.1 Å². The average Bonchev–Trinajstić information content (AvgIpc) is 3.32. The van der Waals surface area contributed by atoms with Gasteiger partial charge in [-0.1, -0.05) is 24.3 Å². The number of imidazole rings is 1. The average molecular weight is 511 g/mol. The molecule has 1 heterocycles. The van der Waals surface area contributed by atoms with Crippen molar-refractivity contribution in [3.8, 4) is 5.75 Å². The smallest absolute Gasteiger partial charge is 0.417 e. The monoisotopic (exact) mass is 510 g/mol. The number of nitro benzene ring substituents is 1. The van der Waals surface area contributed by atoms with E-state index in [9.17, 15) is 29.6 Å². The highest BCUT2D eigenvalue weighted by Crippen LogP contribution is 2.28. The Kier molecular flexibility index (Phi) is 7.91. The van der Waals surface area contributed by atoms with E-state index in [4.69, 9.17) is 9.47 Å². The SMILES string of the molecule is CN(CC(c1ccc(OC(=O)c2ccccc2[N+](=O)[O-])cc1)c1nccn1C(=O)O)C(=O)OC(C)(C)C. The zero-order chi connectivity index (χ0) is 27.3. The van der Waals surface area contributed by atoms with Crippen LogP contribution < -0.4 is 4.74 Å². The van der Waals surface area contributed by atoms with Crippen molar-refractivity contribution in [2.75, 3.05) is 13.6 Å². The zero-order valence-corrected chi connectivity index (χ0v) is 20.7. The minimum absolute atomic E-state index is 0.0363. The Morgan fingerprint density at radius 2 is 1.78 bits per heavy atom. The molecule has 0 bridgehead atoms. The van der Waals surface area contributed by atoms with Gasteiger partial charge in [0.1, 0.15) is 22.7 Å². The first-order valence-corrected chi connectivity index (χ1v) is 11.1. The number of nitrogens with zero attached hydrogens (tertiary/aromatic N) is 4. The van der Waals surface area contributed by atoms with Crippen molar-refractivity contribution in [2.24, 2.45) is 0 Å². The molecule has 0 aliphatic carbocycles. The third kappa shape index (κ3) is 6.69. The van der Waals surface area contributed by atoms with Gasteiger partial charge >= 0.3 is 18.2 Å². The molecule has 12 nitrogen and oxygen atoms in total. The molecule has 0 aliphatic heterocycles. The maximum atomic E-state index is 12.6. The number of rotatable bonds is 7. The number of likely N-dealkylation sites (N-methyl/N-ethyl adjacent to an activating group) is 1. The van der Waals surface area contributed by atoms with Crippen LogP contribution in [-0.4, -0.2) is 61.8 Å². The number of ether oxygens (including phenoxy) is 2. The molecule has 0 spiro atoms. The fourth-order valence-electron chi connectivity index (χ4n) is 3.49. The van der Waals surface area contributed by atoms with E-state index in [1.165, 1.54) is 60.7 Å². The molecule has 3 aromatic rings. The summed E-state index contributed by atoms with van der Waals surface area (Å²) in [4.78, 5) is 52.9. The fraction of sp³-hybridized carbons (Fsp3) is 0.280. The maximum absolute atomic E-state index is 12.6. The number of aromatic nitrogens is 2. The van der Waals surface area contributed by atoms with Gasteiger partial charge in [-0.3, -0.25) is 10.1 Å². The quantitative estimate of drug-likeness (QED) is 0.209. The van der Waals surface area contributed by atoms with Crippen LogP contribution in [0.1, 0.15) is 48.4 Å². The van der Waals surface area contributed by atoms with Crippen molar-refractivity contribution in [3.05, 3.63) is 88.0 Å². The predicted octanol–water partition coefficient (Wildman–Crippen LogP) is 4.54. The lowest BCUT2D eigenvalue weighted by Gasteiger charge is -2.27. The number of carboxylic acid groups (broad SMARTS) is 1. The van der Waals surface area contributed by atoms with Crippen LogP contribution in [0.4, 0.5) is 15.3 Å². The molecule has 12 heteroatoms. The minimum atomic E-state index is -1.24. The van der Waals surface area contributed by atoms with Crippen molar-refractivity contribution in [1.82, 2.24) is 14.5 Å². The highest BCUT2D eigenvalue weighted by molar-refractivity contribution is 5.95.